The molecule has 0 fully saturated rings. The van der Waals surface area contributed by atoms with Crippen LogP contribution in [0, 0.1) is 5.82 Å². The fourth-order valence-corrected chi connectivity index (χ4v) is 3.08. The summed E-state index contributed by atoms with van der Waals surface area (Å²) < 4.78 is 13.3. The van der Waals surface area contributed by atoms with Gasteiger partial charge in [-0.15, -0.1) is 0 Å². The van der Waals surface area contributed by atoms with Gasteiger partial charge in [-0.05, 0) is 29.8 Å². The number of aromatic amines is 1. The number of aromatic nitrogens is 2. The fraction of sp³-hybridized carbons (Fsp3) is 0.158. The van der Waals surface area contributed by atoms with Crippen LogP contribution in [-0.2, 0) is 19.6 Å². The molecule has 0 atom stereocenters. The van der Waals surface area contributed by atoms with E-state index in [-0.39, 0.29) is 11.7 Å². The number of carbonyl (C=O) groups excluding carboxylic acids is 1. The van der Waals surface area contributed by atoms with Gasteiger partial charge in [0.15, 0.2) is 5.82 Å². The molecule has 25 heavy (non-hydrogen) atoms. The van der Waals surface area contributed by atoms with Crippen molar-refractivity contribution in [2.24, 2.45) is 0 Å². The zero-order valence-corrected chi connectivity index (χ0v) is 13.5. The van der Waals surface area contributed by atoms with Crippen molar-refractivity contribution < 1.29 is 9.18 Å². The summed E-state index contributed by atoms with van der Waals surface area (Å²) in [6.07, 6.45) is 0. The Hall–Kier alpha value is -2.99. The lowest BCUT2D eigenvalue weighted by Crippen LogP contribution is -2.18. The topological polar surface area (TPSA) is 61.0 Å². The SMILES string of the molecule is O=C(Nc1n[nH]c2c1CN(Cc1cccc(F)c1)C2)c1ccccc1. The molecule has 126 valence electrons. The third kappa shape index (κ3) is 3.29. The Bertz CT molecular complexity index is 907. The summed E-state index contributed by atoms with van der Waals surface area (Å²) in [6.45, 7) is 2.00. The van der Waals surface area contributed by atoms with Crippen molar-refractivity contribution in [2.45, 2.75) is 19.6 Å². The van der Waals surface area contributed by atoms with Crippen molar-refractivity contribution in [3.05, 3.63) is 82.8 Å². The fourth-order valence-electron chi connectivity index (χ4n) is 3.08. The average molecular weight is 336 g/mol. The molecule has 2 heterocycles. The number of anilines is 1. The number of halogens is 1. The Kier molecular flexibility index (Phi) is 4.03. The third-order valence-corrected chi connectivity index (χ3v) is 4.28. The molecule has 3 aromatic rings. The van der Waals surface area contributed by atoms with E-state index in [0.29, 0.717) is 31.0 Å². The first kappa shape index (κ1) is 15.5. The van der Waals surface area contributed by atoms with E-state index in [9.17, 15) is 9.18 Å². The Morgan fingerprint density at radius 2 is 2.00 bits per heavy atom. The van der Waals surface area contributed by atoms with Crippen LogP contribution in [0.2, 0.25) is 0 Å². The Morgan fingerprint density at radius 3 is 2.80 bits per heavy atom. The summed E-state index contributed by atoms with van der Waals surface area (Å²) in [5, 5.41) is 10.1. The second kappa shape index (κ2) is 6.49. The van der Waals surface area contributed by atoms with Gasteiger partial charge in [0.2, 0.25) is 0 Å². The van der Waals surface area contributed by atoms with E-state index in [1.54, 1.807) is 24.3 Å². The van der Waals surface area contributed by atoms with E-state index in [0.717, 1.165) is 16.8 Å². The maximum atomic E-state index is 13.3. The number of rotatable bonds is 4. The summed E-state index contributed by atoms with van der Waals surface area (Å²) in [4.78, 5) is 14.5. The average Bonchev–Trinajstić information content (AvgIpc) is 3.17. The molecule has 1 aliphatic rings. The molecule has 2 N–H and O–H groups in total. The number of nitrogens with zero attached hydrogens (tertiary/aromatic N) is 2. The minimum absolute atomic E-state index is 0.182. The second-order valence-electron chi connectivity index (χ2n) is 6.12. The van der Waals surface area contributed by atoms with Gasteiger partial charge in [0.05, 0.1) is 5.69 Å². The number of hydrogen-bond donors (Lipinski definition) is 2. The van der Waals surface area contributed by atoms with Crippen molar-refractivity contribution in [3.63, 3.8) is 0 Å². The first-order valence-corrected chi connectivity index (χ1v) is 8.08. The monoisotopic (exact) mass is 336 g/mol. The van der Waals surface area contributed by atoms with Gasteiger partial charge in [-0.3, -0.25) is 14.8 Å². The third-order valence-electron chi connectivity index (χ3n) is 4.28. The van der Waals surface area contributed by atoms with Gasteiger partial charge >= 0.3 is 0 Å². The first-order chi connectivity index (χ1) is 12.2. The van der Waals surface area contributed by atoms with Gasteiger partial charge in [-0.25, -0.2) is 4.39 Å². The highest BCUT2D eigenvalue weighted by Crippen LogP contribution is 2.28. The van der Waals surface area contributed by atoms with Crippen molar-refractivity contribution in [2.75, 3.05) is 5.32 Å². The van der Waals surface area contributed by atoms with Crippen LogP contribution in [0.1, 0.15) is 27.2 Å². The number of carbonyl (C=O) groups is 1. The molecule has 1 amide bonds. The predicted octanol–water partition coefficient (Wildman–Crippen LogP) is 3.32. The molecule has 1 aromatic heterocycles. The maximum Gasteiger partial charge on any atom is 0.256 e. The number of fused-ring (bicyclic) bond motifs is 1. The normalized spacial score (nSPS) is 13.6. The zero-order valence-electron chi connectivity index (χ0n) is 13.5. The molecule has 0 unspecified atom stereocenters. The maximum absolute atomic E-state index is 13.3. The molecular formula is C19H17FN4O. The molecule has 0 saturated heterocycles. The minimum atomic E-state index is -0.229. The lowest BCUT2D eigenvalue weighted by atomic mass is 10.2. The van der Waals surface area contributed by atoms with Crippen LogP contribution in [0.3, 0.4) is 0 Å². The first-order valence-electron chi connectivity index (χ1n) is 8.08. The molecule has 2 aromatic carbocycles. The molecule has 0 spiro atoms. The van der Waals surface area contributed by atoms with E-state index in [4.69, 9.17) is 0 Å². The predicted molar refractivity (Wildman–Crippen MR) is 92.3 cm³/mol. The van der Waals surface area contributed by atoms with Crippen molar-refractivity contribution in [1.82, 2.24) is 15.1 Å². The smallest absolute Gasteiger partial charge is 0.256 e. The van der Waals surface area contributed by atoms with Crippen LogP contribution in [0.25, 0.3) is 0 Å². The lowest BCUT2D eigenvalue weighted by Gasteiger charge is -2.15. The van der Waals surface area contributed by atoms with E-state index >= 15 is 0 Å². The number of benzene rings is 2. The minimum Gasteiger partial charge on any atom is -0.305 e. The number of H-pyrrole nitrogens is 1. The quantitative estimate of drug-likeness (QED) is 0.768. The van der Waals surface area contributed by atoms with Crippen molar-refractivity contribution in [1.29, 1.82) is 0 Å². The van der Waals surface area contributed by atoms with Crippen LogP contribution >= 0.6 is 0 Å². The lowest BCUT2D eigenvalue weighted by molar-refractivity contribution is 0.102. The van der Waals surface area contributed by atoms with E-state index in [1.807, 2.05) is 24.3 Å². The highest BCUT2D eigenvalue weighted by molar-refractivity contribution is 6.04. The summed E-state index contributed by atoms with van der Waals surface area (Å²) in [6, 6.07) is 15.7. The largest absolute Gasteiger partial charge is 0.305 e. The van der Waals surface area contributed by atoms with Crippen LogP contribution in [0.4, 0.5) is 10.2 Å². The van der Waals surface area contributed by atoms with Crippen LogP contribution < -0.4 is 5.32 Å². The van der Waals surface area contributed by atoms with Crippen LogP contribution in [0.15, 0.2) is 54.6 Å². The highest BCUT2D eigenvalue weighted by Gasteiger charge is 2.25. The molecule has 6 heteroatoms. The molecule has 0 aliphatic carbocycles. The number of hydrogen-bond acceptors (Lipinski definition) is 3. The molecule has 5 nitrogen and oxygen atoms in total. The Labute approximate surface area is 144 Å². The van der Waals surface area contributed by atoms with Crippen molar-refractivity contribution >= 4 is 11.7 Å². The summed E-state index contributed by atoms with van der Waals surface area (Å²) in [7, 11) is 0. The van der Waals surface area contributed by atoms with Gasteiger partial charge < -0.3 is 5.32 Å². The van der Waals surface area contributed by atoms with E-state index in [1.165, 1.54) is 6.07 Å². The number of nitrogens with one attached hydrogen (secondary N) is 2. The molecule has 0 bridgehead atoms. The van der Waals surface area contributed by atoms with Gasteiger partial charge in [-0.2, -0.15) is 5.10 Å². The zero-order chi connectivity index (χ0) is 17.2. The molecule has 1 aliphatic heterocycles. The van der Waals surface area contributed by atoms with Gasteiger partial charge in [-0.1, -0.05) is 30.3 Å². The molecule has 0 saturated carbocycles. The van der Waals surface area contributed by atoms with Gasteiger partial charge in [0.25, 0.3) is 5.91 Å². The van der Waals surface area contributed by atoms with Crippen LogP contribution in [-0.4, -0.2) is 21.0 Å². The van der Waals surface area contributed by atoms with Gasteiger partial charge in [0.1, 0.15) is 5.82 Å². The summed E-state index contributed by atoms with van der Waals surface area (Å²) in [5.74, 6) is 0.150. The molecule has 4 rings (SSSR count). The van der Waals surface area contributed by atoms with Crippen LogP contribution in [0.5, 0.6) is 0 Å². The van der Waals surface area contributed by atoms with Crippen molar-refractivity contribution in [3.8, 4) is 0 Å². The highest BCUT2D eigenvalue weighted by atomic mass is 19.1. The van der Waals surface area contributed by atoms with E-state index in [2.05, 4.69) is 20.4 Å². The number of amides is 1. The van der Waals surface area contributed by atoms with Gasteiger partial charge in [0, 0.05) is 30.8 Å². The standard InChI is InChI=1S/C19H17FN4O/c20-15-8-4-5-13(9-15)10-24-11-16-17(12-24)22-23-18(16)21-19(25)14-6-2-1-3-7-14/h1-9H,10-12H2,(H2,21,22,23,25). The summed E-state index contributed by atoms with van der Waals surface area (Å²) >= 11 is 0. The Balaban J connectivity index is 1.45. The Morgan fingerprint density at radius 1 is 1.16 bits per heavy atom. The second-order valence-corrected chi connectivity index (χ2v) is 6.12. The molecular weight excluding hydrogens is 319 g/mol. The van der Waals surface area contributed by atoms with E-state index < -0.39 is 0 Å². The molecule has 0 radical (unpaired) electrons. The summed E-state index contributed by atoms with van der Waals surface area (Å²) in [5.41, 5.74) is 3.49.